The molecule has 0 aromatic heterocycles. The number of thioether (sulfide) groups is 1. The molecule has 9 heteroatoms. The second-order valence-corrected chi connectivity index (χ2v) is 9.20. The summed E-state index contributed by atoms with van der Waals surface area (Å²) in [6.07, 6.45) is 1.54. The van der Waals surface area contributed by atoms with Crippen LogP contribution in [0.1, 0.15) is 11.1 Å². The van der Waals surface area contributed by atoms with Gasteiger partial charge < -0.3 is 9.47 Å². The Hall–Kier alpha value is -2.19. The first kappa shape index (κ1) is 24.5. The van der Waals surface area contributed by atoms with Gasteiger partial charge in [-0.1, -0.05) is 47.5 Å². The smallest absolute Gasteiger partial charge is 0.250 e. The first-order chi connectivity index (χ1) is 15.5. The molecule has 0 bridgehead atoms. The minimum absolute atomic E-state index is 0.194. The van der Waals surface area contributed by atoms with Crippen molar-refractivity contribution in [2.75, 3.05) is 12.9 Å². The molecule has 3 aromatic rings. The second-order valence-electron chi connectivity index (χ2n) is 6.45. The molecule has 0 fully saturated rings. The average molecular weight is 554 g/mol. The van der Waals surface area contributed by atoms with Gasteiger partial charge in [0, 0.05) is 20.5 Å². The number of hydrogen-bond acceptors (Lipinski definition) is 5. The van der Waals surface area contributed by atoms with Gasteiger partial charge in [0.25, 0.3) is 0 Å². The van der Waals surface area contributed by atoms with E-state index in [0.717, 1.165) is 16.0 Å². The molecule has 0 heterocycles. The van der Waals surface area contributed by atoms with E-state index in [1.165, 1.54) is 18.0 Å². The van der Waals surface area contributed by atoms with Gasteiger partial charge in [0.1, 0.15) is 6.61 Å². The highest BCUT2D eigenvalue weighted by Crippen LogP contribution is 2.37. The zero-order chi connectivity index (χ0) is 22.9. The minimum Gasteiger partial charge on any atom is -0.493 e. The summed E-state index contributed by atoms with van der Waals surface area (Å²) in [6, 6.07) is 18.5. The van der Waals surface area contributed by atoms with E-state index >= 15 is 0 Å². The van der Waals surface area contributed by atoms with Gasteiger partial charge in [-0.3, -0.25) is 4.79 Å². The van der Waals surface area contributed by atoms with Crippen LogP contribution in [0.2, 0.25) is 10.0 Å². The Kier molecular flexibility index (Phi) is 9.29. The molecule has 0 saturated heterocycles. The van der Waals surface area contributed by atoms with Crippen LogP contribution in [0.4, 0.5) is 0 Å². The third-order valence-electron chi connectivity index (χ3n) is 4.15. The van der Waals surface area contributed by atoms with E-state index in [1.807, 2.05) is 42.5 Å². The fraction of sp³-hybridized carbons (Fsp3) is 0.130. The monoisotopic (exact) mass is 552 g/mol. The molecule has 0 aliphatic rings. The molecule has 0 aliphatic heterocycles. The van der Waals surface area contributed by atoms with E-state index in [-0.39, 0.29) is 18.3 Å². The maximum Gasteiger partial charge on any atom is 0.250 e. The van der Waals surface area contributed by atoms with Crippen molar-refractivity contribution in [1.82, 2.24) is 5.43 Å². The number of hydrazone groups is 1. The molecule has 0 spiro atoms. The predicted molar refractivity (Wildman–Crippen MR) is 134 cm³/mol. The highest BCUT2D eigenvalue weighted by atomic mass is 79.9. The van der Waals surface area contributed by atoms with Gasteiger partial charge in [-0.2, -0.15) is 5.10 Å². The van der Waals surface area contributed by atoms with Gasteiger partial charge in [0.15, 0.2) is 11.5 Å². The molecule has 1 N–H and O–H groups in total. The Bertz CT molecular complexity index is 1110. The van der Waals surface area contributed by atoms with Crippen LogP contribution in [0, 0.1) is 0 Å². The van der Waals surface area contributed by atoms with Crippen LogP contribution in [0.5, 0.6) is 11.5 Å². The fourth-order valence-electron chi connectivity index (χ4n) is 2.62. The molecule has 166 valence electrons. The van der Waals surface area contributed by atoms with Crippen LogP contribution < -0.4 is 14.9 Å². The normalized spacial score (nSPS) is 10.9. The molecule has 0 unspecified atom stereocenters. The van der Waals surface area contributed by atoms with Gasteiger partial charge in [0.2, 0.25) is 5.91 Å². The van der Waals surface area contributed by atoms with Crippen molar-refractivity contribution in [2.45, 2.75) is 11.5 Å². The van der Waals surface area contributed by atoms with Gasteiger partial charge in [-0.05, 0) is 57.9 Å². The number of amides is 1. The summed E-state index contributed by atoms with van der Waals surface area (Å²) in [5, 5.41) is 5.12. The van der Waals surface area contributed by atoms with Crippen molar-refractivity contribution in [3.8, 4) is 11.5 Å². The maximum atomic E-state index is 12.0. The number of methoxy groups -OCH3 is 1. The lowest BCUT2D eigenvalue weighted by molar-refractivity contribution is -0.118. The highest BCUT2D eigenvalue weighted by molar-refractivity contribution is 9.10. The third-order valence-corrected chi connectivity index (χ3v) is 6.34. The summed E-state index contributed by atoms with van der Waals surface area (Å²) in [4.78, 5) is 13.0. The predicted octanol–water partition coefficient (Wildman–Crippen LogP) is 6.59. The molecule has 5 nitrogen and oxygen atoms in total. The lowest BCUT2D eigenvalue weighted by Gasteiger charge is -2.14. The van der Waals surface area contributed by atoms with Gasteiger partial charge in [0.05, 0.1) is 23.5 Å². The molecule has 3 aromatic carbocycles. The SMILES string of the molecule is COc1cc(/C=N\NC(=O)CSc2ccccc2)cc(Br)c1OCc1ccc(Cl)cc1Cl. The molecule has 0 radical (unpaired) electrons. The Labute approximate surface area is 209 Å². The lowest BCUT2D eigenvalue weighted by Crippen LogP contribution is -2.19. The van der Waals surface area contributed by atoms with Crippen LogP contribution in [-0.2, 0) is 11.4 Å². The van der Waals surface area contributed by atoms with Crippen LogP contribution in [-0.4, -0.2) is 25.0 Å². The van der Waals surface area contributed by atoms with Crippen molar-refractivity contribution in [3.05, 3.63) is 86.3 Å². The number of nitrogens with one attached hydrogen (secondary N) is 1. The van der Waals surface area contributed by atoms with Crippen LogP contribution in [0.15, 0.2) is 75.1 Å². The Morgan fingerprint density at radius 1 is 1.16 bits per heavy atom. The van der Waals surface area contributed by atoms with E-state index in [1.54, 1.807) is 25.3 Å². The Morgan fingerprint density at radius 3 is 2.66 bits per heavy atom. The molecule has 1 amide bonds. The lowest BCUT2D eigenvalue weighted by atomic mass is 10.2. The van der Waals surface area contributed by atoms with Crippen molar-refractivity contribution in [2.24, 2.45) is 5.10 Å². The number of nitrogens with zero attached hydrogens (tertiary/aromatic N) is 1. The van der Waals surface area contributed by atoms with Crippen LogP contribution >= 0.6 is 50.9 Å². The summed E-state index contributed by atoms with van der Waals surface area (Å²) in [6.45, 7) is 0.244. The van der Waals surface area contributed by atoms with Crippen molar-refractivity contribution in [3.63, 3.8) is 0 Å². The van der Waals surface area contributed by atoms with E-state index in [9.17, 15) is 4.79 Å². The molecule has 0 saturated carbocycles. The maximum absolute atomic E-state index is 12.0. The molecule has 0 atom stereocenters. The van der Waals surface area contributed by atoms with E-state index < -0.39 is 0 Å². The summed E-state index contributed by atoms with van der Waals surface area (Å²) in [5.74, 6) is 1.12. The van der Waals surface area contributed by atoms with Gasteiger partial charge in [-0.15, -0.1) is 11.8 Å². The summed E-state index contributed by atoms with van der Waals surface area (Å²) < 4.78 is 12.1. The van der Waals surface area contributed by atoms with Crippen molar-refractivity contribution in [1.29, 1.82) is 0 Å². The highest BCUT2D eigenvalue weighted by Gasteiger charge is 2.13. The van der Waals surface area contributed by atoms with E-state index in [0.29, 0.717) is 26.0 Å². The third kappa shape index (κ3) is 7.17. The van der Waals surface area contributed by atoms with E-state index in [4.69, 9.17) is 32.7 Å². The topological polar surface area (TPSA) is 59.9 Å². The number of halogens is 3. The summed E-state index contributed by atoms with van der Waals surface area (Å²) in [7, 11) is 1.55. The molecule has 32 heavy (non-hydrogen) atoms. The zero-order valence-electron chi connectivity index (χ0n) is 17.0. The van der Waals surface area contributed by atoms with Crippen LogP contribution in [0.25, 0.3) is 0 Å². The first-order valence-corrected chi connectivity index (χ1v) is 11.9. The number of ether oxygens (including phenoxy) is 2. The van der Waals surface area contributed by atoms with Gasteiger partial charge >= 0.3 is 0 Å². The zero-order valence-corrected chi connectivity index (χ0v) is 20.9. The number of carbonyl (C=O) groups is 1. The largest absolute Gasteiger partial charge is 0.493 e. The summed E-state index contributed by atoms with van der Waals surface area (Å²) >= 11 is 17.1. The molecular formula is C23H19BrCl2N2O3S. The Balaban J connectivity index is 1.60. The molecular weight excluding hydrogens is 535 g/mol. The van der Waals surface area contributed by atoms with Crippen molar-refractivity contribution < 1.29 is 14.3 Å². The minimum atomic E-state index is -0.194. The number of rotatable bonds is 9. The van der Waals surface area contributed by atoms with Crippen molar-refractivity contribution >= 4 is 63.0 Å². The molecule has 3 rings (SSSR count). The number of hydrogen-bond donors (Lipinski definition) is 1. The average Bonchev–Trinajstić information content (AvgIpc) is 2.78. The first-order valence-electron chi connectivity index (χ1n) is 9.40. The quantitative estimate of drug-likeness (QED) is 0.184. The van der Waals surface area contributed by atoms with E-state index in [2.05, 4.69) is 26.5 Å². The van der Waals surface area contributed by atoms with Gasteiger partial charge in [-0.25, -0.2) is 5.43 Å². The Morgan fingerprint density at radius 2 is 1.94 bits per heavy atom. The molecule has 0 aliphatic carbocycles. The standard InChI is InChI=1S/C23H19BrCl2N2O3S/c1-30-21-10-15(12-27-28-22(29)14-32-18-5-3-2-4-6-18)9-19(24)23(21)31-13-16-7-8-17(25)11-20(16)26/h2-12H,13-14H2,1H3,(H,28,29)/b27-12-. The van der Waals surface area contributed by atoms with Crippen LogP contribution in [0.3, 0.4) is 0 Å². The fourth-order valence-corrected chi connectivity index (χ4v) is 4.37. The number of carbonyl (C=O) groups excluding carboxylic acids is 1. The summed E-state index contributed by atoms with van der Waals surface area (Å²) in [5.41, 5.74) is 4.05. The second kappa shape index (κ2) is 12.2. The number of benzene rings is 3.